The number of benzene rings is 2. The highest BCUT2D eigenvalue weighted by molar-refractivity contribution is 5.88. The van der Waals surface area contributed by atoms with Crippen molar-refractivity contribution in [3.05, 3.63) is 70.9 Å². The fraction of sp³-hybridized carbons (Fsp3) is 0.280. The van der Waals surface area contributed by atoms with Crippen LogP contribution in [-0.2, 0) is 6.42 Å². The average Bonchev–Trinajstić information content (AvgIpc) is 3.08. The van der Waals surface area contributed by atoms with Gasteiger partial charge < -0.3 is 20.5 Å². The molecule has 3 N–H and O–H groups in total. The third-order valence-electron chi connectivity index (χ3n) is 5.60. The summed E-state index contributed by atoms with van der Waals surface area (Å²) in [6.07, 6.45) is 0.758. The molecule has 2 aromatic heterocycles. The van der Waals surface area contributed by atoms with Crippen LogP contribution in [-0.4, -0.2) is 35.6 Å². The summed E-state index contributed by atoms with van der Waals surface area (Å²) in [5, 5.41) is 7.72. The first-order chi connectivity index (χ1) is 15.3. The van der Waals surface area contributed by atoms with Gasteiger partial charge in [-0.05, 0) is 68.7 Å². The Morgan fingerprint density at radius 2 is 1.69 bits per heavy atom. The Morgan fingerprint density at radius 1 is 0.969 bits per heavy atom. The van der Waals surface area contributed by atoms with Gasteiger partial charge in [0.2, 0.25) is 0 Å². The van der Waals surface area contributed by atoms with E-state index in [2.05, 4.69) is 42.6 Å². The quantitative estimate of drug-likeness (QED) is 0.360. The summed E-state index contributed by atoms with van der Waals surface area (Å²) in [4.78, 5) is 14.3. The maximum Gasteiger partial charge on any atom is 0.147 e. The highest BCUT2D eigenvalue weighted by atomic mass is 19.1. The van der Waals surface area contributed by atoms with E-state index in [9.17, 15) is 4.39 Å². The van der Waals surface area contributed by atoms with Crippen LogP contribution in [0.3, 0.4) is 0 Å². The summed E-state index contributed by atoms with van der Waals surface area (Å²) >= 11 is 0. The molecule has 0 spiro atoms. The minimum absolute atomic E-state index is 0.214. The lowest BCUT2D eigenvalue weighted by Gasteiger charge is -2.14. The number of aryl methyl sites for hydroxylation is 3. The lowest BCUT2D eigenvalue weighted by atomic mass is 10.0. The molecule has 0 bridgehead atoms. The summed E-state index contributed by atoms with van der Waals surface area (Å²) in [5.41, 5.74) is 5.89. The molecule has 0 saturated carbocycles. The van der Waals surface area contributed by atoms with Crippen molar-refractivity contribution in [3.63, 3.8) is 0 Å². The second kappa shape index (κ2) is 8.86. The van der Waals surface area contributed by atoms with E-state index in [1.165, 1.54) is 6.07 Å². The molecule has 7 heteroatoms. The van der Waals surface area contributed by atoms with Crippen LogP contribution in [0.4, 0.5) is 27.4 Å². The van der Waals surface area contributed by atoms with E-state index >= 15 is 0 Å². The van der Waals surface area contributed by atoms with E-state index in [1.54, 1.807) is 0 Å². The van der Waals surface area contributed by atoms with E-state index in [-0.39, 0.29) is 5.82 Å². The van der Waals surface area contributed by atoms with Gasteiger partial charge in [0, 0.05) is 49.2 Å². The number of hydrogen-bond acceptors (Lipinski definition) is 5. The third-order valence-corrected chi connectivity index (χ3v) is 5.60. The van der Waals surface area contributed by atoms with Crippen LogP contribution in [0.15, 0.2) is 42.5 Å². The smallest absolute Gasteiger partial charge is 0.147 e. The van der Waals surface area contributed by atoms with Gasteiger partial charge in [-0.2, -0.15) is 0 Å². The van der Waals surface area contributed by atoms with Crippen molar-refractivity contribution >= 4 is 33.9 Å². The van der Waals surface area contributed by atoms with Crippen LogP contribution < -0.4 is 15.5 Å². The Kier molecular flexibility index (Phi) is 5.99. The van der Waals surface area contributed by atoms with Crippen molar-refractivity contribution in [3.8, 4) is 0 Å². The SMILES string of the molecule is Cc1nc(NCCc2c(C)[nH]c3c(F)ccc(C)c23)cc(Nc2ccc(N(C)C)cc2)n1. The molecule has 4 rings (SSSR count). The fourth-order valence-electron chi connectivity index (χ4n) is 3.98. The van der Waals surface area contributed by atoms with Gasteiger partial charge >= 0.3 is 0 Å². The van der Waals surface area contributed by atoms with Crippen molar-refractivity contribution < 1.29 is 4.39 Å². The molecule has 2 heterocycles. The predicted octanol–water partition coefficient (Wildman–Crippen LogP) is 5.49. The van der Waals surface area contributed by atoms with E-state index < -0.39 is 0 Å². The van der Waals surface area contributed by atoms with E-state index in [1.807, 2.05) is 59.1 Å². The first-order valence-corrected chi connectivity index (χ1v) is 10.7. The summed E-state index contributed by atoms with van der Waals surface area (Å²) in [5.74, 6) is 1.96. The number of aromatic nitrogens is 3. The molecule has 0 fully saturated rings. The van der Waals surface area contributed by atoms with Gasteiger partial charge in [-0.1, -0.05) is 6.07 Å². The number of rotatable bonds is 7. The molecule has 2 aromatic carbocycles. The van der Waals surface area contributed by atoms with Crippen LogP contribution in [0.1, 0.15) is 22.6 Å². The number of fused-ring (bicyclic) bond motifs is 1. The average molecular weight is 433 g/mol. The van der Waals surface area contributed by atoms with Crippen LogP contribution in [0.2, 0.25) is 0 Å². The topological polar surface area (TPSA) is 68.9 Å². The molecule has 0 radical (unpaired) electrons. The van der Waals surface area contributed by atoms with Gasteiger partial charge in [-0.15, -0.1) is 0 Å². The van der Waals surface area contributed by atoms with Crippen molar-refractivity contribution in [1.29, 1.82) is 0 Å². The Hall–Kier alpha value is -3.61. The second-order valence-corrected chi connectivity index (χ2v) is 8.27. The monoisotopic (exact) mass is 432 g/mol. The summed E-state index contributed by atoms with van der Waals surface area (Å²) in [7, 11) is 4.04. The highest BCUT2D eigenvalue weighted by Crippen LogP contribution is 2.28. The zero-order valence-corrected chi connectivity index (χ0v) is 19.2. The van der Waals surface area contributed by atoms with E-state index in [0.29, 0.717) is 17.9 Å². The molecule has 32 heavy (non-hydrogen) atoms. The Bertz CT molecular complexity index is 1240. The molecule has 0 unspecified atom stereocenters. The second-order valence-electron chi connectivity index (χ2n) is 8.27. The molecule has 0 saturated heterocycles. The van der Waals surface area contributed by atoms with Crippen molar-refractivity contribution in [2.45, 2.75) is 27.2 Å². The first kappa shape index (κ1) is 21.6. The number of hydrogen-bond donors (Lipinski definition) is 3. The number of anilines is 4. The molecular weight excluding hydrogens is 403 g/mol. The van der Waals surface area contributed by atoms with Crippen molar-refractivity contribution in [1.82, 2.24) is 15.0 Å². The maximum absolute atomic E-state index is 14.2. The molecule has 0 aliphatic rings. The standard InChI is InChI=1S/C25H29FN6/c1-15-6-11-21(26)25-24(15)20(16(2)28-25)12-13-27-22-14-23(30-17(3)29-22)31-18-7-9-19(10-8-18)32(4)5/h6-11,14,28H,12-13H2,1-5H3,(H2,27,29,30,31). The fourth-order valence-corrected chi connectivity index (χ4v) is 3.98. The normalized spacial score (nSPS) is 11.1. The zero-order valence-electron chi connectivity index (χ0n) is 19.2. The predicted molar refractivity (Wildman–Crippen MR) is 131 cm³/mol. The van der Waals surface area contributed by atoms with Gasteiger partial charge in [0.15, 0.2) is 0 Å². The molecule has 0 atom stereocenters. The molecule has 6 nitrogen and oxygen atoms in total. The number of nitrogens with one attached hydrogen (secondary N) is 3. The molecule has 166 valence electrons. The Morgan fingerprint density at radius 3 is 2.41 bits per heavy atom. The largest absolute Gasteiger partial charge is 0.378 e. The Labute approximate surface area is 187 Å². The number of H-pyrrole nitrogens is 1. The molecule has 0 aliphatic carbocycles. The molecular formula is C25H29FN6. The van der Waals surface area contributed by atoms with Crippen LogP contribution >= 0.6 is 0 Å². The van der Waals surface area contributed by atoms with Gasteiger partial charge in [-0.25, -0.2) is 14.4 Å². The summed E-state index contributed by atoms with van der Waals surface area (Å²) in [6.45, 7) is 6.56. The third kappa shape index (κ3) is 4.51. The van der Waals surface area contributed by atoms with Crippen molar-refractivity contribution in [2.75, 3.05) is 36.2 Å². The van der Waals surface area contributed by atoms with Crippen LogP contribution in [0, 0.1) is 26.6 Å². The molecule has 0 amide bonds. The summed E-state index contributed by atoms with van der Waals surface area (Å²) in [6, 6.07) is 13.4. The zero-order chi connectivity index (χ0) is 22.8. The number of aromatic amines is 1. The van der Waals surface area contributed by atoms with Gasteiger partial charge in [0.25, 0.3) is 0 Å². The minimum atomic E-state index is -0.214. The van der Waals surface area contributed by atoms with Gasteiger partial charge in [0.1, 0.15) is 23.3 Å². The number of halogens is 1. The van der Waals surface area contributed by atoms with E-state index in [0.717, 1.165) is 51.6 Å². The number of nitrogens with zero attached hydrogens (tertiary/aromatic N) is 3. The lowest BCUT2D eigenvalue weighted by Crippen LogP contribution is -2.09. The van der Waals surface area contributed by atoms with Crippen LogP contribution in [0.25, 0.3) is 10.9 Å². The van der Waals surface area contributed by atoms with E-state index in [4.69, 9.17) is 0 Å². The molecule has 4 aromatic rings. The Balaban J connectivity index is 1.47. The lowest BCUT2D eigenvalue weighted by molar-refractivity contribution is 0.637. The molecule has 0 aliphatic heterocycles. The van der Waals surface area contributed by atoms with Crippen LogP contribution in [0.5, 0.6) is 0 Å². The van der Waals surface area contributed by atoms with Crippen molar-refractivity contribution in [2.24, 2.45) is 0 Å². The first-order valence-electron chi connectivity index (χ1n) is 10.7. The highest BCUT2D eigenvalue weighted by Gasteiger charge is 2.14. The maximum atomic E-state index is 14.2. The van der Waals surface area contributed by atoms with Gasteiger partial charge in [0.05, 0.1) is 5.52 Å². The minimum Gasteiger partial charge on any atom is -0.378 e. The summed E-state index contributed by atoms with van der Waals surface area (Å²) < 4.78 is 14.2. The van der Waals surface area contributed by atoms with Gasteiger partial charge in [-0.3, -0.25) is 0 Å².